The highest BCUT2D eigenvalue weighted by Gasteiger charge is 2.19. The van der Waals surface area contributed by atoms with Crippen molar-refractivity contribution in [3.8, 4) is 5.75 Å². The van der Waals surface area contributed by atoms with Crippen LogP contribution in [0.3, 0.4) is 0 Å². The summed E-state index contributed by atoms with van der Waals surface area (Å²) in [6.07, 6.45) is 0. The Bertz CT molecular complexity index is 579. The Morgan fingerprint density at radius 2 is 1.80 bits per heavy atom. The van der Waals surface area contributed by atoms with Gasteiger partial charge >= 0.3 is 0 Å². The Kier molecular flexibility index (Phi) is 4.19. The van der Waals surface area contributed by atoms with Gasteiger partial charge in [0.1, 0.15) is 23.9 Å². The summed E-state index contributed by atoms with van der Waals surface area (Å²) in [5.41, 5.74) is 8.03. The van der Waals surface area contributed by atoms with Gasteiger partial charge in [-0.15, -0.1) is 0 Å². The normalized spacial score (nSPS) is 11.7. The summed E-state index contributed by atoms with van der Waals surface area (Å²) in [5.74, 6) is 2.49. The van der Waals surface area contributed by atoms with Gasteiger partial charge < -0.3 is 14.9 Å². The minimum Gasteiger partial charge on any atom is -0.485 e. The average molecular weight is 273 g/mol. The largest absolute Gasteiger partial charge is 0.485 e. The van der Waals surface area contributed by atoms with E-state index in [2.05, 4.69) is 39.8 Å². The molecule has 0 atom stereocenters. The third-order valence-electron chi connectivity index (χ3n) is 3.23. The van der Waals surface area contributed by atoms with Crippen molar-refractivity contribution < 1.29 is 9.15 Å². The maximum absolute atomic E-state index is 5.93. The van der Waals surface area contributed by atoms with Crippen LogP contribution in [-0.4, -0.2) is 0 Å². The molecule has 2 N–H and O–H groups in total. The summed E-state index contributed by atoms with van der Waals surface area (Å²) in [6.45, 7) is 9.50. The van der Waals surface area contributed by atoms with Crippen LogP contribution in [0.2, 0.25) is 0 Å². The monoisotopic (exact) mass is 273 g/mol. The summed E-state index contributed by atoms with van der Waals surface area (Å²) < 4.78 is 11.5. The second kappa shape index (κ2) is 5.71. The highest BCUT2D eigenvalue weighted by molar-refractivity contribution is 5.41. The van der Waals surface area contributed by atoms with Crippen LogP contribution in [0.4, 0.5) is 0 Å². The van der Waals surface area contributed by atoms with Gasteiger partial charge in [-0.2, -0.15) is 0 Å². The van der Waals surface area contributed by atoms with E-state index in [0.29, 0.717) is 13.2 Å². The lowest BCUT2D eigenvalue weighted by atomic mass is 9.85. The van der Waals surface area contributed by atoms with Gasteiger partial charge in [-0.25, -0.2) is 0 Å². The third kappa shape index (κ3) is 3.42. The van der Waals surface area contributed by atoms with Gasteiger partial charge in [0.15, 0.2) is 0 Å². The predicted molar refractivity (Wildman–Crippen MR) is 80.8 cm³/mol. The van der Waals surface area contributed by atoms with Crippen molar-refractivity contribution in [1.82, 2.24) is 0 Å². The topological polar surface area (TPSA) is 48.4 Å². The SMILES string of the molecule is Cc1ccc(OCc2ccc(CN)o2)c(C(C)(C)C)c1. The minimum atomic E-state index is 0.0485. The summed E-state index contributed by atoms with van der Waals surface area (Å²) >= 11 is 0. The molecular weight excluding hydrogens is 250 g/mol. The quantitative estimate of drug-likeness (QED) is 0.918. The van der Waals surface area contributed by atoms with Crippen molar-refractivity contribution >= 4 is 0 Å². The average Bonchev–Trinajstić information content (AvgIpc) is 2.84. The predicted octanol–water partition coefficient (Wildman–Crippen LogP) is 3.92. The molecule has 3 nitrogen and oxygen atoms in total. The molecular formula is C17H23NO2. The van der Waals surface area contributed by atoms with Crippen LogP contribution in [0.15, 0.2) is 34.7 Å². The van der Waals surface area contributed by atoms with E-state index in [9.17, 15) is 0 Å². The molecule has 0 saturated heterocycles. The van der Waals surface area contributed by atoms with Crippen LogP contribution in [0, 0.1) is 6.92 Å². The van der Waals surface area contributed by atoms with Gasteiger partial charge in [0.2, 0.25) is 0 Å². The molecule has 0 aliphatic rings. The Labute approximate surface area is 120 Å². The summed E-state index contributed by atoms with van der Waals surface area (Å²) in [7, 11) is 0. The first-order valence-electron chi connectivity index (χ1n) is 6.92. The van der Waals surface area contributed by atoms with E-state index >= 15 is 0 Å². The molecule has 2 aromatic rings. The molecule has 108 valence electrons. The summed E-state index contributed by atoms with van der Waals surface area (Å²) in [5, 5.41) is 0. The molecule has 0 bridgehead atoms. The molecule has 0 aliphatic carbocycles. The number of furan rings is 1. The fourth-order valence-corrected chi connectivity index (χ4v) is 2.11. The molecule has 0 radical (unpaired) electrons. The first kappa shape index (κ1) is 14.7. The summed E-state index contributed by atoms with van der Waals surface area (Å²) in [6, 6.07) is 10.1. The molecule has 1 heterocycles. The van der Waals surface area contributed by atoms with E-state index in [1.165, 1.54) is 11.1 Å². The van der Waals surface area contributed by atoms with Gasteiger partial charge in [0, 0.05) is 0 Å². The number of hydrogen-bond acceptors (Lipinski definition) is 3. The molecule has 1 aromatic carbocycles. The van der Waals surface area contributed by atoms with Crippen molar-refractivity contribution in [1.29, 1.82) is 0 Å². The Hall–Kier alpha value is -1.74. The number of nitrogens with two attached hydrogens (primary N) is 1. The molecule has 0 aliphatic heterocycles. The van der Waals surface area contributed by atoms with Gasteiger partial charge in [0.05, 0.1) is 6.54 Å². The number of aryl methyl sites for hydroxylation is 1. The highest BCUT2D eigenvalue weighted by atomic mass is 16.5. The lowest BCUT2D eigenvalue weighted by Gasteiger charge is -2.23. The van der Waals surface area contributed by atoms with Crippen LogP contribution >= 0.6 is 0 Å². The zero-order valence-electron chi connectivity index (χ0n) is 12.7. The van der Waals surface area contributed by atoms with Gasteiger partial charge in [-0.3, -0.25) is 0 Å². The minimum absolute atomic E-state index is 0.0485. The van der Waals surface area contributed by atoms with Crippen LogP contribution in [0.5, 0.6) is 5.75 Å². The Balaban J connectivity index is 2.17. The molecule has 0 amide bonds. The number of rotatable bonds is 4. The van der Waals surface area contributed by atoms with Crippen LogP contribution in [0.1, 0.15) is 43.4 Å². The van der Waals surface area contributed by atoms with Crippen LogP contribution in [0.25, 0.3) is 0 Å². The lowest BCUT2D eigenvalue weighted by molar-refractivity contribution is 0.260. The number of hydrogen-bond donors (Lipinski definition) is 1. The smallest absolute Gasteiger partial charge is 0.146 e. The molecule has 0 saturated carbocycles. The zero-order valence-corrected chi connectivity index (χ0v) is 12.7. The van der Waals surface area contributed by atoms with E-state index in [0.717, 1.165) is 17.3 Å². The van der Waals surface area contributed by atoms with E-state index in [1.807, 2.05) is 18.2 Å². The molecule has 0 fully saturated rings. The molecule has 0 unspecified atom stereocenters. The standard InChI is InChI=1S/C17H23NO2/c1-12-5-8-16(15(9-12)17(2,3)4)19-11-14-7-6-13(10-18)20-14/h5-9H,10-11,18H2,1-4H3. The van der Waals surface area contributed by atoms with Crippen molar-refractivity contribution in [2.24, 2.45) is 5.73 Å². The molecule has 1 aromatic heterocycles. The Morgan fingerprint density at radius 1 is 1.10 bits per heavy atom. The maximum Gasteiger partial charge on any atom is 0.146 e. The van der Waals surface area contributed by atoms with Crippen molar-refractivity contribution in [3.63, 3.8) is 0 Å². The first-order chi connectivity index (χ1) is 9.40. The zero-order chi connectivity index (χ0) is 14.8. The Morgan fingerprint density at radius 3 is 2.40 bits per heavy atom. The molecule has 2 rings (SSSR count). The van der Waals surface area contributed by atoms with Crippen LogP contribution in [-0.2, 0) is 18.6 Å². The second-order valence-corrected chi connectivity index (χ2v) is 6.11. The second-order valence-electron chi connectivity index (χ2n) is 6.11. The maximum atomic E-state index is 5.93. The van der Waals surface area contributed by atoms with Crippen LogP contribution < -0.4 is 10.5 Å². The van der Waals surface area contributed by atoms with E-state index < -0.39 is 0 Å². The molecule has 0 spiro atoms. The van der Waals surface area contributed by atoms with Crippen molar-refractivity contribution in [2.75, 3.05) is 0 Å². The molecule has 3 heteroatoms. The fourth-order valence-electron chi connectivity index (χ4n) is 2.11. The summed E-state index contributed by atoms with van der Waals surface area (Å²) in [4.78, 5) is 0. The lowest BCUT2D eigenvalue weighted by Crippen LogP contribution is -2.13. The fraction of sp³-hybridized carbons (Fsp3) is 0.412. The van der Waals surface area contributed by atoms with E-state index in [4.69, 9.17) is 14.9 Å². The first-order valence-corrected chi connectivity index (χ1v) is 6.92. The molecule has 20 heavy (non-hydrogen) atoms. The van der Waals surface area contributed by atoms with E-state index in [-0.39, 0.29) is 5.41 Å². The van der Waals surface area contributed by atoms with Crippen molar-refractivity contribution in [2.45, 2.75) is 46.3 Å². The van der Waals surface area contributed by atoms with Crippen molar-refractivity contribution in [3.05, 3.63) is 53.0 Å². The van der Waals surface area contributed by atoms with Gasteiger partial charge in [-0.1, -0.05) is 38.5 Å². The van der Waals surface area contributed by atoms with E-state index in [1.54, 1.807) is 0 Å². The number of ether oxygens (including phenoxy) is 1. The third-order valence-corrected chi connectivity index (χ3v) is 3.23. The van der Waals surface area contributed by atoms with Gasteiger partial charge in [0.25, 0.3) is 0 Å². The van der Waals surface area contributed by atoms with Gasteiger partial charge in [-0.05, 0) is 36.1 Å². The number of benzene rings is 1. The highest BCUT2D eigenvalue weighted by Crippen LogP contribution is 2.32.